The molecule has 3 nitrogen and oxygen atoms in total. The third-order valence-electron chi connectivity index (χ3n) is 1.27. The van der Waals surface area contributed by atoms with Gasteiger partial charge in [0.15, 0.2) is 0 Å². The van der Waals surface area contributed by atoms with E-state index in [0.717, 1.165) is 0 Å². The van der Waals surface area contributed by atoms with Gasteiger partial charge in [0.2, 0.25) is 0 Å². The van der Waals surface area contributed by atoms with E-state index in [1.807, 2.05) is 12.1 Å². The van der Waals surface area contributed by atoms with Crippen LogP contribution in [0.5, 0.6) is 0 Å². The van der Waals surface area contributed by atoms with Crippen LogP contribution in [0.3, 0.4) is 0 Å². The molecule has 0 unspecified atom stereocenters. The predicted molar refractivity (Wildman–Crippen MR) is 38.6 cm³/mol. The van der Waals surface area contributed by atoms with Crippen molar-refractivity contribution in [2.75, 3.05) is 0 Å². The molecule has 0 bridgehead atoms. The topological polar surface area (TPSA) is 71.4 Å². The Morgan fingerprint density at radius 1 is 1.18 bits per heavy atom. The van der Waals surface area contributed by atoms with Gasteiger partial charge in [-0.15, -0.1) is 0 Å². The van der Waals surface area contributed by atoms with Crippen LogP contribution in [0.4, 0.5) is 0 Å². The van der Waals surface area contributed by atoms with Gasteiger partial charge in [0.25, 0.3) is 0 Å². The molecule has 0 saturated heterocycles. The first-order chi connectivity index (χ1) is 5.31. The standard InChI is InChI=1S/C8H3N3/c9-3-6-1-7(4-10)8(2-6)5-11/h1-2,10H. The van der Waals surface area contributed by atoms with Gasteiger partial charge in [0.1, 0.15) is 6.07 Å². The van der Waals surface area contributed by atoms with E-state index in [9.17, 15) is 0 Å². The lowest BCUT2D eigenvalue weighted by atomic mass is 10.2. The lowest BCUT2D eigenvalue weighted by molar-refractivity contribution is 1.48. The maximum atomic E-state index is 8.48. The smallest absolute Gasteiger partial charge is 0.101 e. The van der Waals surface area contributed by atoms with E-state index >= 15 is 0 Å². The molecular formula is C8H3N3. The zero-order chi connectivity index (χ0) is 8.27. The second kappa shape index (κ2) is 2.66. The molecule has 1 rings (SSSR count). The van der Waals surface area contributed by atoms with Gasteiger partial charge in [-0.2, -0.15) is 10.5 Å². The molecule has 0 saturated carbocycles. The van der Waals surface area contributed by atoms with E-state index in [0.29, 0.717) is 16.7 Å². The molecule has 0 fully saturated rings. The van der Waals surface area contributed by atoms with Crippen molar-refractivity contribution >= 4 is 5.87 Å². The van der Waals surface area contributed by atoms with Crippen molar-refractivity contribution in [1.82, 2.24) is 0 Å². The molecule has 11 heavy (non-hydrogen) atoms. The average molecular weight is 141 g/mol. The molecule has 1 N–H and O–H groups in total. The first-order valence-corrected chi connectivity index (χ1v) is 2.85. The summed E-state index contributed by atoms with van der Waals surface area (Å²) in [5, 5.41) is 23.7. The normalized spacial score (nSPS) is 14.2. The molecule has 0 aromatic heterocycles. The van der Waals surface area contributed by atoms with E-state index in [-0.39, 0.29) is 0 Å². The van der Waals surface area contributed by atoms with E-state index in [4.69, 9.17) is 15.9 Å². The molecule has 0 aromatic rings. The van der Waals surface area contributed by atoms with Crippen LogP contribution in [0.15, 0.2) is 28.9 Å². The van der Waals surface area contributed by atoms with E-state index in [1.165, 1.54) is 12.2 Å². The number of hydrogen-bond donors (Lipinski definition) is 1. The van der Waals surface area contributed by atoms with Crippen molar-refractivity contribution in [2.45, 2.75) is 0 Å². The van der Waals surface area contributed by atoms with Crippen LogP contribution in [-0.4, -0.2) is 5.87 Å². The SMILES string of the molecule is N#CC1=CC(=C=N)C(C#N)=C1. The van der Waals surface area contributed by atoms with E-state index in [1.54, 1.807) is 0 Å². The summed E-state index contributed by atoms with van der Waals surface area (Å²) in [5.74, 6) is 2.08. The van der Waals surface area contributed by atoms with Gasteiger partial charge in [-0.05, 0) is 18.0 Å². The number of hydrogen-bond acceptors (Lipinski definition) is 3. The van der Waals surface area contributed by atoms with Gasteiger partial charge >= 0.3 is 0 Å². The molecule has 0 aliphatic heterocycles. The van der Waals surface area contributed by atoms with Crippen molar-refractivity contribution in [3.8, 4) is 12.1 Å². The molecular weight excluding hydrogens is 138 g/mol. The van der Waals surface area contributed by atoms with Crippen LogP contribution < -0.4 is 0 Å². The van der Waals surface area contributed by atoms with Crippen LogP contribution >= 0.6 is 0 Å². The predicted octanol–water partition coefficient (Wildman–Crippen LogP) is 1.07. The molecule has 0 radical (unpaired) electrons. The van der Waals surface area contributed by atoms with Crippen molar-refractivity contribution in [1.29, 1.82) is 15.9 Å². The summed E-state index contributed by atoms with van der Waals surface area (Å²) in [6.07, 6.45) is 2.91. The number of nitriles is 2. The van der Waals surface area contributed by atoms with Crippen LogP contribution in [0.2, 0.25) is 0 Å². The zero-order valence-corrected chi connectivity index (χ0v) is 5.55. The highest BCUT2D eigenvalue weighted by Gasteiger charge is 2.10. The van der Waals surface area contributed by atoms with Gasteiger partial charge < -0.3 is 0 Å². The maximum absolute atomic E-state index is 8.48. The first-order valence-electron chi connectivity index (χ1n) is 2.85. The molecule has 50 valence electrons. The Balaban J connectivity index is 3.21. The number of nitrogens with one attached hydrogen (secondary N) is 1. The highest BCUT2D eigenvalue weighted by Crippen LogP contribution is 2.19. The van der Waals surface area contributed by atoms with Crippen LogP contribution in [-0.2, 0) is 0 Å². The second-order valence-corrected chi connectivity index (χ2v) is 1.92. The Morgan fingerprint density at radius 3 is 2.27 bits per heavy atom. The minimum Gasteiger partial charge on any atom is -0.258 e. The van der Waals surface area contributed by atoms with Crippen molar-refractivity contribution < 1.29 is 0 Å². The minimum atomic E-state index is 0.330. The Labute approximate surface area is 63.7 Å². The summed E-state index contributed by atoms with van der Waals surface area (Å²) in [5.41, 5.74) is 1.11. The minimum absolute atomic E-state index is 0.330. The lowest BCUT2D eigenvalue weighted by Gasteiger charge is -1.82. The lowest BCUT2D eigenvalue weighted by Crippen LogP contribution is -1.76. The number of allylic oxidation sites excluding steroid dienone is 5. The van der Waals surface area contributed by atoms with Gasteiger partial charge in [-0.3, -0.25) is 5.41 Å². The van der Waals surface area contributed by atoms with Gasteiger partial charge in [0, 0.05) is 0 Å². The number of nitrogens with zero attached hydrogens (tertiary/aromatic N) is 2. The maximum Gasteiger partial charge on any atom is 0.101 e. The molecule has 0 aromatic carbocycles. The van der Waals surface area contributed by atoms with E-state index < -0.39 is 0 Å². The molecule has 0 spiro atoms. The van der Waals surface area contributed by atoms with E-state index in [2.05, 4.69) is 5.87 Å². The van der Waals surface area contributed by atoms with Crippen LogP contribution in [0.1, 0.15) is 0 Å². The summed E-state index contributed by atoms with van der Waals surface area (Å²) in [7, 11) is 0. The molecule has 3 heteroatoms. The molecule has 0 amide bonds. The van der Waals surface area contributed by atoms with Gasteiger partial charge in [0.05, 0.1) is 22.8 Å². The molecule has 1 aliphatic rings. The van der Waals surface area contributed by atoms with Crippen LogP contribution in [0, 0.1) is 28.1 Å². The van der Waals surface area contributed by atoms with Crippen molar-refractivity contribution in [2.24, 2.45) is 0 Å². The third-order valence-corrected chi connectivity index (χ3v) is 1.27. The van der Waals surface area contributed by atoms with Gasteiger partial charge in [-0.1, -0.05) is 0 Å². The van der Waals surface area contributed by atoms with Crippen molar-refractivity contribution in [3.63, 3.8) is 0 Å². The molecule has 0 heterocycles. The summed E-state index contributed by atoms with van der Waals surface area (Å²) in [6.45, 7) is 0. The largest absolute Gasteiger partial charge is 0.258 e. The Hall–Kier alpha value is -2.09. The third kappa shape index (κ3) is 1.09. The fourth-order valence-electron chi connectivity index (χ4n) is 0.769. The number of rotatable bonds is 0. The highest BCUT2D eigenvalue weighted by molar-refractivity contribution is 5.76. The summed E-state index contributed by atoms with van der Waals surface area (Å²) >= 11 is 0. The summed E-state index contributed by atoms with van der Waals surface area (Å²) in [6, 6.07) is 3.75. The average Bonchev–Trinajstić information content (AvgIpc) is 2.46. The fraction of sp³-hybridized carbons (Fsp3) is 0. The Kier molecular flexibility index (Phi) is 1.70. The quantitative estimate of drug-likeness (QED) is 0.512. The van der Waals surface area contributed by atoms with Crippen molar-refractivity contribution in [3.05, 3.63) is 28.9 Å². The van der Waals surface area contributed by atoms with Gasteiger partial charge in [-0.25, -0.2) is 0 Å². The summed E-state index contributed by atoms with van der Waals surface area (Å²) < 4.78 is 0. The summed E-state index contributed by atoms with van der Waals surface area (Å²) in [4.78, 5) is 0. The zero-order valence-electron chi connectivity index (χ0n) is 5.55. The van der Waals surface area contributed by atoms with Crippen LogP contribution in [0.25, 0.3) is 0 Å². The Bertz CT molecular complexity index is 379. The molecule has 1 aliphatic carbocycles. The second-order valence-electron chi connectivity index (χ2n) is 1.92. The Morgan fingerprint density at radius 2 is 1.91 bits per heavy atom. The first kappa shape index (κ1) is 7.02. The molecule has 0 atom stereocenters. The fourth-order valence-corrected chi connectivity index (χ4v) is 0.769. The monoisotopic (exact) mass is 141 g/mol. The highest BCUT2D eigenvalue weighted by atomic mass is 14.3.